The first kappa shape index (κ1) is 20.3. The highest BCUT2D eigenvalue weighted by Crippen LogP contribution is 2.13. The summed E-state index contributed by atoms with van der Waals surface area (Å²) >= 11 is 0. The molecule has 0 atom stereocenters. The van der Waals surface area contributed by atoms with Crippen molar-refractivity contribution in [1.82, 2.24) is 0 Å². The minimum atomic E-state index is 0.337. The summed E-state index contributed by atoms with van der Waals surface area (Å²) in [6.45, 7) is 2.26. The van der Waals surface area contributed by atoms with E-state index in [2.05, 4.69) is 6.92 Å². The van der Waals surface area contributed by atoms with Gasteiger partial charge in [-0.2, -0.15) is 0 Å². The summed E-state index contributed by atoms with van der Waals surface area (Å²) in [4.78, 5) is 21.6. The monoisotopic (exact) mass is 296 g/mol. The van der Waals surface area contributed by atoms with Crippen LogP contribution in [-0.4, -0.2) is 12.1 Å². The minimum absolute atomic E-state index is 0.337. The molecule has 0 amide bonds. The fraction of sp³-hybridized carbons (Fsp3) is 0.895. The van der Waals surface area contributed by atoms with Gasteiger partial charge in [0.1, 0.15) is 12.1 Å². The second kappa shape index (κ2) is 17.4. The lowest BCUT2D eigenvalue weighted by Gasteiger charge is -2.03. The van der Waals surface area contributed by atoms with E-state index in [-0.39, 0.29) is 0 Å². The zero-order valence-electron chi connectivity index (χ0n) is 14.2. The van der Waals surface area contributed by atoms with E-state index in [1.807, 2.05) is 0 Å². The van der Waals surface area contributed by atoms with Gasteiger partial charge in [-0.3, -0.25) is 4.79 Å². The Kier molecular flexibility index (Phi) is 16.8. The lowest BCUT2D eigenvalue weighted by molar-refractivity contribution is -0.119. The second-order valence-corrected chi connectivity index (χ2v) is 6.24. The number of aldehydes is 1. The van der Waals surface area contributed by atoms with Gasteiger partial charge in [-0.05, 0) is 12.8 Å². The Morgan fingerprint density at radius 3 is 1.57 bits per heavy atom. The molecule has 21 heavy (non-hydrogen) atoms. The first-order chi connectivity index (χ1) is 10.3. The number of hydrogen-bond acceptors (Lipinski definition) is 2. The Morgan fingerprint density at radius 2 is 1.10 bits per heavy atom. The van der Waals surface area contributed by atoms with Crippen LogP contribution >= 0.6 is 0 Å². The van der Waals surface area contributed by atoms with Gasteiger partial charge in [-0.25, -0.2) is 0 Å². The number of ketones is 1. The van der Waals surface area contributed by atoms with Crippen molar-refractivity contribution in [1.29, 1.82) is 0 Å². The molecule has 0 aromatic carbocycles. The third-order valence-corrected chi connectivity index (χ3v) is 4.09. The molecule has 124 valence electrons. The van der Waals surface area contributed by atoms with Crippen molar-refractivity contribution in [3.63, 3.8) is 0 Å². The Bertz CT molecular complexity index is 236. The first-order valence-electron chi connectivity index (χ1n) is 9.26. The van der Waals surface area contributed by atoms with Crippen LogP contribution in [0, 0.1) is 0 Å². The first-order valence-corrected chi connectivity index (χ1v) is 9.26. The van der Waals surface area contributed by atoms with Crippen molar-refractivity contribution >= 4 is 12.1 Å². The molecule has 2 heteroatoms. The van der Waals surface area contributed by atoms with Gasteiger partial charge in [0, 0.05) is 19.3 Å². The summed E-state index contributed by atoms with van der Waals surface area (Å²) in [6.07, 6.45) is 19.4. The molecule has 0 heterocycles. The van der Waals surface area contributed by atoms with E-state index in [0.717, 1.165) is 25.5 Å². The fourth-order valence-corrected chi connectivity index (χ4v) is 2.67. The predicted molar refractivity (Wildman–Crippen MR) is 90.6 cm³/mol. The second-order valence-electron chi connectivity index (χ2n) is 6.24. The molecular weight excluding hydrogens is 260 g/mol. The summed E-state index contributed by atoms with van der Waals surface area (Å²) in [6, 6.07) is 0. The molecule has 0 spiro atoms. The van der Waals surface area contributed by atoms with Crippen LogP contribution in [0.3, 0.4) is 0 Å². The average Bonchev–Trinajstić information content (AvgIpc) is 2.48. The van der Waals surface area contributed by atoms with Gasteiger partial charge in [0.25, 0.3) is 0 Å². The summed E-state index contributed by atoms with van der Waals surface area (Å²) in [5.41, 5.74) is 0. The number of carbonyl (C=O) groups is 2. The smallest absolute Gasteiger partial charge is 0.132 e. The van der Waals surface area contributed by atoms with Crippen LogP contribution in [0.25, 0.3) is 0 Å². The minimum Gasteiger partial charge on any atom is -0.303 e. The summed E-state index contributed by atoms with van der Waals surface area (Å²) in [7, 11) is 0. The zero-order chi connectivity index (χ0) is 15.6. The Hall–Kier alpha value is -0.660. The highest BCUT2D eigenvalue weighted by molar-refractivity contribution is 5.78. The third-order valence-electron chi connectivity index (χ3n) is 4.09. The molecular formula is C19H36O2. The molecule has 0 aromatic heterocycles. The molecule has 0 fully saturated rings. The van der Waals surface area contributed by atoms with Crippen molar-refractivity contribution in [2.45, 2.75) is 110 Å². The van der Waals surface area contributed by atoms with Gasteiger partial charge < -0.3 is 4.79 Å². The average molecular weight is 296 g/mol. The van der Waals surface area contributed by atoms with E-state index in [9.17, 15) is 9.59 Å². The maximum absolute atomic E-state index is 11.5. The Labute approximate surface area is 132 Å². The molecule has 0 aliphatic carbocycles. The predicted octanol–water partition coefficient (Wildman–Crippen LogP) is 6.02. The van der Waals surface area contributed by atoms with Crippen LogP contribution < -0.4 is 0 Å². The molecule has 0 aliphatic rings. The van der Waals surface area contributed by atoms with Crippen LogP contribution in [0.5, 0.6) is 0 Å². The Morgan fingerprint density at radius 1 is 0.667 bits per heavy atom. The largest absolute Gasteiger partial charge is 0.303 e. The van der Waals surface area contributed by atoms with Crippen molar-refractivity contribution in [2.75, 3.05) is 0 Å². The van der Waals surface area contributed by atoms with Crippen molar-refractivity contribution < 1.29 is 9.59 Å². The van der Waals surface area contributed by atoms with Crippen LogP contribution in [0.1, 0.15) is 110 Å². The van der Waals surface area contributed by atoms with Gasteiger partial charge >= 0.3 is 0 Å². The third kappa shape index (κ3) is 17.3. The molecule has 0 N–H and O–H groups in total. The lowest BCUT2D eigenvalue weighted by Crippen LogP contribution is -1.97. The standard InChI is InChI=1S/C19H36O2/c1-2-3-4-5-6-7-8-9-10-11-12-13-16-19(21)17-14-15-18-20/h18H,2-17H2,1H3. The molecule has 0 saturated carbocycles. The normalized spacial score (nSPS) is 10.7. The molecule has 0 bridgehead atoms. The van der Waals surface area contributed by atoms with Crippen LogP contribution in [-0.2, 0) is 9.59 Å². The molecule has 0 saturated heterocycles. The summed E-state index contributed by atoms with van der Waals surface area (Å²) in [5, 5.41) is 0. The van der Waals surface area contributed by atoms with E-state index >= 15 is 0 Å². The number of Topliss-reactive ketones (excluding diaryl/α,β-unsaturated/α-hetero) is 1. The van der Waals surface area contributed by atoms with Crippen LogP contribution in [0.2, 0.25) is 0 Å². The maximum Gasteiger partial charge on any atom is 0.132 e. The number of rotatable bonds is 17. The lowest BCUT2D eigenvalue weighted by atomic mass is 10.0. The topological polar surface area (TPSA) is 34.1 Å². The van der Waals surface area contributed by atoms with Gasteiger partial charge in [-0.1, -0.05) is 77.6 Å². The van der Waals surface area contributed by atoms with E-state index in [0.29, 0.717) is 18.6 Å². The van der Waals surface area contributed by atoms with Crippen LogP contribution in [0.4, 0.5) is 0 Å². The molecule has 0 rings (SSSR count). The van der Waals surface area contributed by atoms with Crippen LogP contribution in [0.15, 0.2) is 0 Å². The summed E-state index contributed by atoms with van der Waals surface area (Å²) < 4.78 is 0. The van der Waals surface area contributed by atoms with Gasteiger partial charge in [0.15, 0.2) is 0 Å². The molecule has 0 radical (unpaired) electrons. The number of unbranched alkanes of at least 4 members (excludes halogenated alkanes) is 12. The van der Waals surface area contributed by atoms with Gasteiger partial charge in [-0.15, -0.1) is 0 Å². The highest BCUT2D eigenvalue weighted by atomic mass is 16.1. The highest BCUT2D eigenvalue weighted by Gasteiger charge is 2.01. The molecule has 0 aliphatic heterocycles. The Balaban J connectivity index is 3.08. The number of hydrogen-bond donors (Lipinski definition) is 0. The van der Waals surface area contributed by atoms with Crippen molar-refractivity contribution in [3.05, 3.63) is 0 Å². The molecule has 0 unspecified atom stereocenters. The molecule has 2 nitrogen and oxygen atoms in total. The van der Waals surface area contributed by atoms with Gasteiger partial charge in [0.2, 0.25) is 0 Å². The molecule has 0 aromatic rings. The van der Waals surface area contributed by atoms with E-state index < -0.39 is 0 Å². The fourth-order valence-electron chi connectivity index (χ4n) is 2.67. The van der Waals surface area contributed by atoms with Crippen molar-refractivity contribution in [2.24, 2.45) is 0 Å². The quantitative estimate of drug-likeness (QED) is 0.243. The SMILES string of the molecule is CCCCCCCCCCCCCCC(=O)CCCC=O. The van der Waals surface area contributed by atoms with E-state index in [1.165, 1.54) is 70.6 Å². The number of carbonyl (C=O) groups excluding carboxylic acids is 2. The van der Waals surface area contributed by atoms with Gasteiger partial charge in [0.05, 0.1) is 0 Å². The van der Waals surface area contributed by atoms with E-state index in [1.54, 1.807) is 0 Å². The zero-order valence-corrected chi connectivity index (χ0v) is 14.2. The van der Waals surface area contributed by atoms with E-state index in [4.69, 9.17) is 0 Å². The maximum atomic E-state index is 11.5. The van der Waals surface area contributed by atoms with Crippen molar-refractivity contribution in [3.8, 4) is 0 Å². The summed E-state index contributed by atoms with van der Waals surface area (Å²) in [5.74, 6) is 0.337.